The Morgan fingerprint density at radius 3 is 2.25 bits per heavy atom. The molecule has 20 heavy (non-hydrogen) atoms. The van der Waals surface area contributed by atoms with Gasteiger partial charge in [0.2, 0.25) is 0 Å². The van der Waals surface area contributed by atoms with Crippen LogP contribution in [0.25, 0.3) is 0 Å². The average Bonchev–Trinajstić information content (AvgIpc) is 2.21. The van der Waals surface area contributed by atoms with Gasteiger partial charge in [0.1, 0.15) is 5.60 Å². The van der Waals surface area contributed by atoms with E-state index >= 15 is 0 Å². The van der Waals surface area contributed by atoms with Crippen molar-refractivity contribution < 1.29 is 9.53 Å². The van der Waals surface area contributed by atoms with E-state index in [4.69, 9.17) is 4.74 Å². The smallest absolute Gasteiger partial charge is 0.306 e. The van der Waals surface area contributed by atoms with Crippen LogP contribution in [0, 0.1) is 34.5 Å². The first-order valence-corrected chi connectivity index (χ1v) is 8.55. The van der Waals surface area contributed by atoms with Crippen LogP contribution >= 0.6 is 0 Å². The number of rotatable bonds is 5. The number of carbonyl (C=O) groups excluding carboxylic acids is 1. The van der Waals surface area contributed by atoms with Crippen molar-refractivity contribution in [2.75, 3.05) is 0 Å². The first-order valence-electron chi connectivity index (χ1n) is 8.55. The van der Waals surface area contributed by atoms with E-state index in [-0.39, 0.29) is 11.6 Å². The Kier molecular flexibility index (Phi) is 2.38. The van der Waals surface area contributed by atoms with Crippen molar-refractivity contribution >= 4 is 5.97 Å². The minimum absolute atomic E-state index is 0.0246. The van der Waals surface area contributed by atoms with Gasteiger partial charge in [-0.15, -0.1) is 0 Å². The second-order valence-electron chi connectivity index (χ2n) is 8.90. The summed E-state index contributed by atoms with van der Waals surface area (Å²) in [5.41, 5.74) is 0.742. The molecule has 4 fully saturated rings. The topological polar surface area (TPSA) is 26.3 Å². The van der Waals surface area contributed by atoms with E-state index in [1.165, 1.54) is 25.7 Å². The van der Waals surface area contributed by atoms with E-state index in [0.29, 0.717) is 23.2 Å². The minimum Gasteiger partial charge on any atom is -0.459 e. The van der Waals surface area contributed by atoms with Crippen LogP contribution in [-0.2, 0) is 9.53 Å². The van der Waals surface area contributed by atoms with Crippen molar-refractivity contribution in [1.29, 1.82) is 0 Å². The molecule has 2 atom stereocenters. The van der Waals surface area contributed by atoms with E-state index < -0.39 is 0 Å². The zero-order valence-corrected chi connectivity index (χ0v) is 13.4. The normalized spacial score (nSPS) is 47.1. The van der Waals surface area contributed by atoms with Gasteiger partial charge < -0.3 is 4.74 Å². The molecule has 0 aromatic carbocycles. The summed E-state index contributed by atoms with van der Waals surface area (Å²) in [6.07, 6.45) is 7.11. The predicted molar refractivity (Wildman–Crippen MR) is 78.0 cm³/mol. The summed E-state index contributed by atoms with van der Waals surface area (Å²) in [6, 6.07) is 0. The number of hydrogen-bond acceptors (Lipinski definition) is 2. The molecule has 4 aliphatic rings. The highest BCUT2D eigenvalue weighted by molar-refractivity contribution is 5.70. The van der Waals surface area contributed by atoms with Crippen LogP contribution in [0.15, 0.2) is 0 Å². The maximum atomic E-state index is 12.2. The lowest BCUT2D eigenvalue weighted by molar-refractivity contribution is -0.465. The van der Waals surface area contributed by atoms with E-state index in [0.717, 1.165) is 24.2 Å². The molecule has 0 radical (unpaired) electrons. The Bertz CT molecular complexity index is 437. The molecule has 2 heteroatoms. The van der Waals surface area contributed by atoms with Gasteiger partial charge in [-0.25, -0.2) is 0 Å². The lowest BCUT2D eigenvalue weighted by Crippen LogP contribution is -2.89. The third-order valence-corrected chi connectivity index (χ3v) is 7.63. The molecule has 4 rings (SSSR count). The molecule has 0 heterocycles. The molecule has 0 aliphatic heterocycles. The van der Waals surface area contributed by atoms with Gasteiger partial charge in [-0.3, -0.25) is 4.79 Å². The molecule has 0 bridgehead atoms. The Morgan fingerprint density at radius 1 is 1.20 bits per heavy atom. The fourth-order valence-electron chi connectivity index (χ4n) is 6.79. The molecule has 0 N–H and O–H groups in total. The lowest BCUT2D eigenvalue weighted by Gasteiger charge is -2.93. The van der Waals surface area contributed by atoms with E-state index in [9.17, 15) is 4.79 Å². The molecule has 0 saturated heterocycles. The lowest BCUT2D eigenvalue weighted by atomic mass is 9.11. The van der Waals surface area contributed by atoms with E-state index in [1.807, 2.05) is 0 Å². The Morgan fingerprint density at radius 2 is 1.80 bits per heavy atom. The van der Waals surface area contributed by atoms with Crippen LogP contribution in [0.5, 0.6) is 0 Å². The third-order valence-electron chi connectivity index (χ3n) is 7.63. The van der Waals surface area contributed by atoms with Crippen LogP contribution < -0.4 is 0 Å². The van der Waals surface area contributed by atoms with Gasteiger partial charge in [-0.05, 0) is 75.0 Å². The first-order chi connectivity index (χ1) is 9.33. The number of esters is 1. The van der Waals surface area contributed by atoms with Crippen LogP contribution in [0.3, 0.4) is 0 Å². The summed E-state index contributed by atoms with van der Waals surface area (Å²) in [5.74, 6) is 3.54. The largest absolute Gasteiger partial charge is 0.459 e. The molecule has 0 amide bonds. The van der Waals surface area contributed by atoms with Crippen molar-refractivity contribution in [3.63, 3.8) is 0 Å². The van der Waals surface area contributed by atoms with Gasteiger partial charge in [0.25, 0.3) is 0 Å². The third kappa shape index (κ3) is 1.18. The molecular formula is C18H28O2. The molecule has 4 saturated carbocycles. The molecule has 0 aromatic heterocycles. The Hall–Kier alpha value is -0.530. The van der Waals surface area contributed by atoms with Gasteiger partial charge in [0.15, 0.2) is 0 Å². The highest BCUT2D eigenvalue weighted by Gasteiger charge is 2.90. The number of ether oxygens (including phenoxy) is 1. The minimum atomic E-state index is -0.243. The fourth-order valence-corrected chi connectivity index (χ4v) is 6.79. The summed E-state index contributed by atoms with van der Waals surface area (Å²) in [7, 11) is 0. The van der Waals surface area contributed by atoms with Gasteiger partial charge >= 0.3 is 5.97 Å². The van der Waals surface area contributed by atoms with Crippen LogP contribution in [0.2, 0.25) is 0 Å². The zero-order valence-electron chi connectivity index (χ0n) is 13.4. The fraction of sp³-hybridized carbons (Fsp3) is 0.944. The summed E-state index contributed by atoms with van der Waals surface area (Å²) in [6.45, 7) is 8.71. The SMILES string of the molecule is CC(C)CCC(=O)OC(C)(C)C12CC3CC4CC(C1)C432. The van der Waals surface area contributed by atoms with E-state index in [2.05, 4.69) is 27.7 Å². The van der Waals surface area contributed by atoms with Gasteiger partial charge in [-0.2, -0.15) is 0 Å². The summed E-state index contributed by atoms with van der Waals surface area (Å²) in [5, 5.41) is 0. The molecular weight excluding hydrogens is 248 g/mol. The first kappa shape index (κ1) is 13.2. The molecule has 1 spiro atoms. The molecule has 2 unspecified atom stereocenters. The quantitative estimate of drug-likeness (QED) is 0.704. The van der Waals surface area contributed by atoms with Crippen molar-refractivity contribution in [3.8, 4) is 0 Å². The highest BCUT2D eigenvalue weighted by Crippen LogP contribution is 2.94. The Balaban J connectivity index is 1.44. The predicted octanol–water partition coefficient (Wildman–Crippen LogP) is 4.18. The monoisotopic (exact) mass is 276 g/mol. The highest BCUT2D eigenvalue weighted by atomic mass is 16.6. The maximum absolute atomic E-state index is 12.2. The summed E-state index contributed by atoms with van der Waals surface area (Å²) < 4.78 is 5.99. The molecule has 2 nitrogen and oxygen atoms in total. The van der Waals surface area contributed by atoms with E-state index in [1.54, 1.807) is 0 Å². The Labute approximate surface area is 122 Å². The number of hydrogen-bond donors (Lipinski definition) is 0. The average molecular weight is 276 g/mol. The van der Waals surface area contributed by atoms with Crippen LogP contribution in [0.4, 0.5) is 0 Å². The van der Waals surface area contributed by atoms with Crippen LogP contribution in [-0.4, -0.2) is 11.6 Å². The van der Waals surface area contributed by atoms with Crippen molar-refractivity contribution in [2.45, 2.75) is 71.8 Å². The molecule has 112 valence electrons. The van der Waals surface area contributed by atoms with Crippen LogP contribution in [0.1, 0.15) is 66.2 Å². The maximum Gasteiger partial charge on any atom is 0.306 e. The second-order valence-corrected chi connectivity index (χ2v) is 8.90. The van der Waals surface area contributed by atoms with Gasteiger partial charge in [0, 0.05) is 11.8 Å². The van der Waals surface area contributed by atoms with Crippen molar-refractivity contribution in [3.05, 3.63) is 0 Å². The standard InChI is InChI=1S/C18H28O2/c1-11(2)5-6-15(19)20-16(3,4)17-9-13-7-12-8-14(10-17)18(12,13)17/h11-14H,5-10H2,1-4H3. The van der Waals surface area contributed by atoms with Crippen molar-refractivity contribution in [1.82, 2.24) is 0 Å². The molecule has 4 aliphatic carbocycles. The van der Waals surface area contributed by atoms with Crippen molar-refractivity contribution in [2.24, 2.45) is 34.5 Å². The summed E-state index contributed by atoms with van der Waals surface area (Å²) in [4.78, 5) is 12.2. The number of carbonyl (C=O) groups is 1. The zero-order chi connectivity index (χ0) is 14.3. The molecule has 0 aromatic rings. The summed E-state index contributed by atoms with van der Waals surface area (Å²) >= 11 is 0. The van der Waals surface area contributed by atoms with Gasteiger partial charge in [-0.1, -0.05) is 13.8 Å². The second kappa shape index (κ2) is 3.62. The van der Waals surface area contributed by atoms with Gasteiger partial charge in [0.05, 0.1) is 0 Å².